The van der Waals surface area contributed by atoms with E-state index < -0.39 is 0 Å². The molecule has 1 aliphatic rings. The van der Waals surface area contributed by atoms with E-state index in [9.17, 15) is 4.79 Å². The van der Waals surface area contributed by atoms with Crippen molar-refractivity contribution >= 4 is 5.91 Å². The molecule has 4 nitrogen and oxygen atoms in total. The molecule has 0 unspecified atom stereocenters. The Morgan fingerprint density at radius 3 is 2.50 bits per heavy atom. The van der Waals surface area contributed by atoms with Gasteiger partial charge >= 0.3 is 0 Å². The Bertz CT molecular complexity index is 958. The number of nitrogens with zero attached hydrogens (tertiary/aromatic N) is 2. The quantitative estimate of drug-likeness (QED) is 0.515. The van der Waals surface area contributed by atoms with Gasteiger partial charge in [0.2, 0.25) is 5.91 Å². The molecule has 0 aliphatic heterocycles. The first-order chi connectivity index (χ1) is 14.7. The summed E-state index contributed by atoms with van der Waals surface area (Å²) in [6.07, 6.45) is 6.48. The molecule has 0 bridgehead atoms. The summed E-state index contributed by atoms with van der Waals surface area (Å²) < 4.78 is 7.59. The Hall–Kier alpha value is -3.01. The summed E-state index contributed by atoms with van der Waals surface area (Å²) >= 11 is 0. The zero-order valence-corrected chi connectivity index (χ0v) is 17.7. The van der Waals surface area contributed by atoms with Gasteiger partial charge in [-0.15, -0.1) is 0 Å². The molecular formula is C26H30N2O2. The molecule has 1 heterocycles. The number of rotatable bonds is 8. The highest BCUT2D eigenvalue weighted by Gasteiger charge is 2.27. The van der Waals surface area contributed by atoms with Crippen LogP contribution in [-0.4, -0.2) is 22.5 Å². The number of ether oxygens (including phenoxy) is 1. The zero-order chi connectivity index (χ0) is 20.8. The number of benzene rings is 2. The zero-order valence-electron chi connectivity index (χ0n) is 17.7. The summed E-state index contributed by atoms with van der Waals surface area (Å²) in [7, 11) is 1.69. The molecule has 156 valence electrons. The smallest absolute Gasteiger partial charge is 0.226 e. The predicted molar refractivity (Wildman–Crippen MR) is 119 cm³/mol. The Morgan fingerprint density at radius 1 is 0.967 bits per heavy atom. The molecular weight excluding hydrogens is 372 g/mol. The number of carbonyl (C=O) groups excluding carboxylic acids is 1. The molecule has 0 atom stereocenters. The van der Waals surface area contributed by atoms with Gasteiger partial charge < -0.3 is 14.2 Å². The number of methoxy groups -OCH3 is 1. The van der Waals surface area contributed by atoms with Crippen molar-refractivity contribution < 1.29 is 9.53 Å². The minimum atomic E-state index is 0.176. The normalized spacial score (nSPS) is 14.0. The van der Waals surface area contributed by atoms with Crippen molar-refractivity contribution in [3.63, 3.8) is 0 Å². The summed E-state index contributed by atoms with van der Waals surface area (Å²) in [5, 5.41) is 0. The Balaban J connectivity index is 1.53. The van der Waals surface area contributed by atoms with E-state index in [-0.39, 0.29) is 5.92 Å². The second-order valence-corrected chi connectivity index (χ2v) is 8.14. The van der Waals surface area contributed by atoms with Crippen molar-refractivity contribution in [3.05, 3.63) is 89.7 Å². The van der Waals surface area contributed by atoms with Crippen molar-refractivity contribution in [1.29, 1.82) is 0 Å². The summed E-state index contributed by atoms with van der Waals surface area (Å²) in [5.74, 6) is 1.34. The maximum Gasteiger partial charge on any atom is 0.226 e. The van der Waals surface area contributed by atoms with E-state index in [1.807, 2.05) is 35.2 Å². The average Bonchev–Trinajstić information content (AvgIpc) is 3.46. The fourth-order valence-electron chi connectivity index (χ4n) is 4.36. The molecule has 3 aromatic rings. The van der Waals surface area contributed by atoms with Gasteiger partial charge in [0.15, 0.2) is 0 Å². The second kappa shape index (κ2) is 9.66. The van der Waals surface area contributed by atoms with Gasteiger partial charge in [-0.3, -0.25) is 4.79 Å². The molecule has 4 rings (SSSR count). The molecule has 1 aliphatic carbocycles. The summed E-state index contributed by atoms with van der Waals surface area (Å²) in [6.45, 7) is 2.04. The third-order valence-electron chi connectivity index (χ3n) is 6.00. The molecule has 1 saturated carbocycles. The highest BCUT2D eigenvalue weighted by atomic mass is 16.5. The average molecular weight is 403 g/mol. The van der Waals surface area contributed by atoms with E-state index in [0.29, 0.717) is 19.0 Å². The van der Waals surface area contributed by atoms with Crippen LogP contribution < -0.4 is 4.74 Å². The molecule has 0 N–H and O–H groups in total. The maximum absolute atomic E-state index is 13.3. The van der Waals surface area contributed by atoms with E-state index >= 15 is 0 Å². The fraction of sp³-hybridized carbons (Fsp3) is 0.346. The standard InChI is InChI=1S/C26H30N2O2/c1-30-25-15-7-11-22(17-25)19-27-16-8-14-24(27)20-28(18-21-9-3-2-4-10-21)26(29)23-12-5-6-13-23/h2-4,7-11,14-17,23H,5-6,12-13,18-20H2,1H3. The lowest BCUT2D eigenvalue weighted by molar-refractivity contribution is -0.136. The lowest BCUT2D eigenvalue weighted by atomic mass is 10.1. The number of amides is 1. The molecule has 1 fully saturated rings. The summed E-state index contributed by atoms with van der Waals surface area (Å²) in [5.41, 5.74) is 3.51. The highest BCUT2D eigenvalue weighted by molar-refractivity contribution is 5.79. The molecule has 4 heteroatoms. The van der Waals surface area contributed by atoms with Crippen molar-refractivity contribution in [1.82, 2.24) is 9.47 Å². The van der Waals surface area contributed by atoms with Crippen LogP contribution in [0, 0.1) is 5.92 Å². The Labute approximate surface area is 179 Å². The third-order valence-corrected chi connectivity index (χ3v) is 6.00. The third kappa shape index (κ3) is 4.93. The topological polar surface area (TPSA) is 34.5 Å². The van der Waals surface area contributed by atoms with Crippen LogP contribution in [0.1, 0.15) is 42.5 Å². The van der Waals surface area contributed by atoms with Gasteiger partial charge in [0.1, 0.15) is 5.75 Å². The minimum Gasteiger partial charge on any atom is -0.497 e. The second-order valence-electron chi connectivity index (χ2n) is 8.14. The molecule has 0 radical (unpaired) electrons. The van der Waals surface area contributed by atoms with Crippen molar-refractivity contribution in [3.8, 4) is 5.75 Å². The van der Waals surface area contributed by atoms with E-state index in [0.717, 1.165) is 30.8 Å². The first-order valence-electron chi connectivity index (χ1n) is 10.8. The molecule has 30 heavy (non-hydrogen) atoms. The molecule has 0 spiro atoms. The lowest BCUT2D eigenvalue weighted by Gasteiger charge is -2.26. The van der Waals surface area contributed by atoms with Gasteiger partial charge in [-0.05, 0) is 48.2 Å². The molecule has 1 amide bonds. The monoisotopic (exact) mass is 402 g/mol. The molecule has 0 saturated heterocycles. The van der Waals surface area contributed by atoms with E-state index in [2.05, 4.69) is 47.2 Å². The van der Waals surface area contributed by atoms with Crippen LogP contribution >= 0.6 is 0 Å². The number of aromatic nitrogens is 1. The predicted octanol–water partition coefficient (Wildman–Crippen LogP) is 5.26. The SMILES string of the molecule is COc1cccc(Cn2cccc2CN(Cc2ccccc2)C(=O)C2CCCC2)c1. The first-order valence-corrected chi connectivity index (χ1v) is 10.8. The number of carbonyl (C=O) groups is 1. The summed E-state index contributed by atoms with van der Waals surface area (Å²) in [4.78, 5) is 15.4. The van der Waals surface area contributed by atoms with E-state index in [4.69, 9.17) is 4.74 Å². The van der Waals surface area contributed by atoms with E-state index in [1.165, 1.54) is 24.0 Å². The van der Waals surface area contributed by atoms with Crippen LogP contribution in [0.4, 0.5) is 0 Å². The number of hydrogen-bond acceptors (Lipinski definition) is 2. The van der Waals surface area contributed by atoms with Crippen molar-refractivity contribution in [2.75, 3.05) is 7.11 Å². The van der Waals surface area contributed by atoms with Crippen LogP contribution in [0.3, 0.4) is 0 Å². The highest BCUT2D eigenvalue weighted by Crippen LogP contribution is 2.28. The van der Waals surface area contributed by atoms with Gasteiger partial charge in [0.25, 0.3) is 0 Å². The van der Waals surface area contributed by atoms with E-state index in [1.54, 1.807) is 7.11 Å². The lowest BCUT2D eigenvalue weighted by Crippen LogP contribution is -2.35. The van der Waals surface area contributed by atoms with Gasteiger partial charge in [0.05, 0.1) is 13.7 Å². The Morgan fingerprint density at radius 2 is 1.73 bits per heavy atom. The van der Waals surface area contributed by atoms with Crippen LogP contribution in [0.5, 0.6) is 5.75 Å². The van der Waals surface area contributed by atoms with Crippen LogP contribution in [-0.2, 0) is 24.4 Å². The van der Waals surface area contributed by atoms with Gasteiger partial charge in [-0.25, -0.2) is 0 Å². The fourth-order valence-corrected chi connectivity index (χ4v) is 4.36. The minimum absolute atomic E-state index is 0.176. The summed E-state index contributed by atoms with van der Waals surface area (Å²) in [6, 6.07) is 22.6. The first kappa shape index (κ1) is 20.3. The van der Waals surface area contributed by atoms with Crippen LogP contribution in [0.15, 0.2) is 72.9 Å². The van der Waals surface area contributed by atoms with Gasteiger partial charge in [-0.2, -0.15) is 0 Å². The van der Waals surface area contributed by atoms with Crippen molar-refractivity contribution in [2.24, 2.45) is 5.92 Å². The Kier molecular flexibility index (Phi) is 6.53. The largest absolute Gasteiger partial charge is 0.497 e. The maximum atomic E-state index is 13.3. The van der Waals surface area contributed by atoms with Gasteiger partial charge in [-0.1, -0.05) is 55.3 Å². The van der Waals surface area contributed by atoms with Crippen LogP contribution in [0.2, 0.25) is 0 Å². The molecule has 2 aromatic carbocycles. The number of hydrogen-bond donors (Lipinski definition) is 0. The van der Waals surface area contributed by atoms with Gasteiger partial charge in [0, 0.05) is 30.9 Å². The van der Waals surface area contributed by atoms with Crippen molar-refractivity contribution in [2.45, 2.75) is 45.3 Å². The molecule has 1 aromatic heterocycles. The van der Waals surface area contributed by atoms with Crippen LogP contribution in [0.25, 0.3) is 0 Å².